The van der Waals surface area contributed by atoms with E-state index in [9.17, 15) is 0 Å². The minimum Gasteiger partial charge on any atom is -0.493 e. The molecule has 124 valence electrons. The smallest absolute Gasteiger partial charge is 0.231 e. The average Bonchev–Trinajstić information content (AvgIpc) is 3.23. The summed E-state index contributed by atoms with van der Waals surface area (Å²) in [5.41, 5.74) is 3.60. The van der Waals surface area contributed by atoms with Crippen LogP contribution in [-0.4, -0.2) is 44.5 Å². The molecule has 1 aromatic rings. The lowest BCUT2D eigenvalue weighted by Crippen LogP contribution is -2.37. The molecule has 0 spiro atoms. The maximum absolute atomic E-state index is 5.52. The Hall–Kier alpha value is -2.06. The number of nitrogens with zero attached hydrogens (tertiary/aromatic N) is 1. The zero-order chi connectivity index (χ0) is 16.1. The molecule has 0 aromatic heterocycles. The van der Waals surface area contributed by atoms with Crippen molar-refractivity contribution >= 4 is 23.5 Å². The third-order valence-corrected chi connectivity index (χ3v) is 3.81. The summed E-state index contributed by atoms with van der Waals surface area (Å²) in [6, 6.07) is 3.65. The number of benzene rings is 1. The van der Waals surface area contributed by atoms with Crippen molar-refractivity contribution in [3.8, 4) is 17.2 Å². The molecule has 8 heteroatoms. The highest BCUT2D eigenvalue weighted by atomic mass is 32.1. The Morgan fingerprint density at radius 1 is 1.48 bits per heavy atom. The Bertz CT molecular complexity index is 603. The van der Waals surface area contributed by atoms with Crippen LogP contribution in [0.2, 0.25) is 0 Å². The van der Waals surface area contributed by atoms with Gasteiger partial charge in [0.05, 0.1) is 19.4 Å². The van der Waals surface area contributed by atoms with Crippen molar-refractivity contribution in [3.05, 3.63) is 17.7 Å². The summed E-state index contributed by atoms with van der Waals surface area (Å²) in [5.74, 6) is 1.87. The number of hydrogen-bond acceptors (Lipinski definition) is 6. The van der Waals surface area contributed by atoms with Gasteiger partial charge in [0.15, 0.2) is 16.6 Å². The van der Waals surface area contributed by atoms with E-state index in [0.717, 1.165) is 25.0 Å². The number of rotatable bonds is 5. The highest BCUT2D eigenvalue weighted by Gasteiger charge is 2.19. The fraction of sp³-hybridized carbons (Fsp3) is 0.467. The van der Waals surface area contributed by atoms with Gasteiger partial charge in [-0.1, -0.05) is 0 Å². The van der Waals surface area contributed by atoms with Crippen molar-refractivity contribution in [3.63, 3.8) is 0 Å². The quantitative estimate of drug-likeness (QED) is 0.478. The zero-order valence-electron chi connectivity index (χ0n) is 12.8. The summed E-state index contributed by atoms with van der Waals surface area (Å²) in [5, 5.41) is 7.67. The van der Waals surface area contributed by atoms with Gasteiger partial charge >= 0.3 is 0 Å². The van der Waals surface area contributed by atoms with E-state index >= 15 is 0 Å². The largest absolute Gasteiger partial charge is 0.493 e. The number of fused-ring (bicyclic) bond motifs is 1. The van der Waals surface area contributed by atoms with Crippen LogP contribution in [0.25, 0.3) is 0 Å². The van der Waals surface area contributed by atoms with Crippen molar-refractivity contribution in [2.45, 2.75) is 18.9 Å². The average molecular weight is 337 g/mol. The first-order valence-corrected chi connectivity index (χ1v) is 7.83. The summed E-state index contributed by atoms with van der Waals surface area (Å²) in [6.07, 6.45) is 4.05. The summed E-state index contributed by atoms with van der Waals surface area (Å²) in [4.78, 5) is 0. The van der Waals surface area contributed by atoms with Gasteiger partial charge in [0, 0.05) is 18.7 Å². The van der Waals surface area contributed by atoms with Crippen molar-refractivity contribution in [2.24, 2.45) is 5.10 Å². The van der Waals surface area contributed by atoms with Gasteiger partial charge in [0.2, 0.25) is 12.5 Å². The summed E-state index contributed by atoms with van der Waals surface area (Å²) < 4.78 is 21.5. The highest BCUT2D eigenvalue weighted by Crippen LogP contribution is 2.41. The fourth-order valence-electron chi connectivity index (χ4n) is 2.44. The number of nitrogens with one attached hydrogen (secondary N) is 2. The third kappa shape index (κ3) is 4.02. The van der Waals surface area contributed by atoms with Crippen molar-refractivity contribution < 1.29 is 18.9 Å². The van der Waals surface area contributed by atoms with Gasteiger partial charge in [-0.3, -0.25) is 5.43 Å². The molecule has 2 N–H and O–H groups in total. The SMILES string of the molecule is COc1cc(/C=N\NC(=S)NC[C@H]2CCCO2)cc2c1OCO2. The molecule has 0 saturated carbocycles. The molecule has 23 heavy (non-hydrogen) atoms. The van der Waals surface area contributed by atoms with E-state index < -0.39 is 0 Å². The van der Waals surface area contributed by atoms with Gasteiger partial charge < -0.3 is 24.3 Å². The first kappa shape index (κ1) is 15.8. The number of methoxy groups -OCH3 is 1. The van der Waals surface area contributed by atoms with E-state index in [-0.39, 0.29) is 12.9 Å². The molecule has 1 atom stereocenters. The molecular formula is C15H19N3O4S. The second-order valence-electron chi connectivity index (χ2n) is 5.17. The minimum atomic E-state index is 0.196. The topological polar surface area (TPSA) is 73.3 Å². The minimum absolute atomic E-state index is 0.196. The van der Waals surface area contributed by atoms with Gasteiger partial charge in [-0.25, -0.2) is 0 Å². The van der Waals surface area contributed by atoms with Crippen LogP contribution in [0.15, 0.2) is 17.2 Å². The molecule has 0 radical (unpaired) electrons. The number of hydrazone groups is 1. The molecule has 0 bridgehead atoms. The van der Waals surface area contributed by atoms with Crippen LogP contribution >= 0.6 is 12.2 Å². The Balaban J connectivity index is 1.52. The molecule has 0 unspecified atom stereocenters. The van der Waals surface area contributed by atoms with E-state index in [1.165, 1.54) is 0 Å². The first-order valence-electron chi connectivity index (χ1n) is 7.42. The second-order valence-corrected chi connectivity index (χ2v) is 5.58. The van der Waals surface area contributed by atoms with E-state index in [1.54, 1.807) is 13.3 Å². The van der Waals surface area contributed by atoms with E-state index in [1.807, 2.05) is 12.1 Å². The molecule has 0 aliphatic carbocycles. The highest BCUT2D eigenvalue weighted by molar-refractivity contribution is 7.80. The third-order valence-electron chi connectivity index (χ3n) is 3.57. The predicted octanol–water partition coefficient (Wildman–Crippen LogP) is 1.40. The lowest BCUT2D eigenvalue weighted by molar-refractivity contribution is 0.114. The molecule has 1 aromatic carbocycles. The van der Waals surface area contributed by atoms with Gasteiger partial charge in [0.1, 0.15) is 0 Å². The van der Waals surface area contributed by atoms with Crippen LogP contribution < -0.4 is 25.0 Å². The van der Waals surface area contributed by atoms with Gasteiger partial charge in [-0.15, -0.1) is 0 Å². The normalized spacial score (nSPS) is 19.1. The Morgan fingerprint density at radius 3 is 3.17 bits per heavy atom. The van der Waals surface area contributed by atoms with Crippen LogP contribution in [-0.2, 0) is 4.74 Å². The van der Waals surface area contributed by atoms with E-state index in [4.69, 9.17) is 31.2 Å². The van der Waals surface area contributed by atoms with Crippen LogP contribution in [0.4, 0.5) is 0 Å². The van der Waals surface area contributed by atoms with Gasteiger partial charge in [-0.2, -0.15) is 5.10 Å². The summed E-state index contributed by atoms with van der Waals surface area (Å²) in [7, 11) is 1.58. The maximum atomic E-state index is 5.52. The Kier molecular flexibility index (Phi) is 5.14. The van der Waals surface area contributed by atoms with Crippen molar-refractivity contribution in [2.75, 3.05) is 27.1 Å². The second kappa shape index (κ2) is 7.47. The molecule has 2 aliphatic rings. The molecule has 3 rings (SSSR count). The van der Waals surface area contributed by atoms with Crippen LogP contribution in [0.3, 0.4) is 0 Å². The first-order chi connectivity index (χ1) is 11.3. The predicted molar refractivity (Wildman–Crippen MR) is 89.4 cm³/mol. The fourth-order valence-corrected chi connectivity index (χ4v) is 2.58. The number of ether oxygens (including phenoxy) is 4. The standard InChI is InChI=1S/C15H19N3O4S/c1-19-12-5-10(6-13-14(12)22-9-21-13)7-17-18-15(23)16-8-11-3-2-4-20-11/h5-7,11H,2-4,8-9H2,1H3,(H2,16,18,23)/b17-7-/t11-/m1/s1. The number of thiocarbonyl (C=S) groups is 1. The van der Waals surface area contributed by atoms with E-state index in [2.05, 4.69) is 15.8 Å². The molecular weight excluding hydrogens is 318 g/mol. The summed E-state index contributed by atoms with van der Waals surface area (Å²) >= 11 is 5.17. The zero-order valence-corrected chi connectivity index (χ0v) is 13.6. The van der Waals surface area contributed by atoms with Gasteiger partial charge in [0.25, 0.3) is 0 Å². The molecule has 1 fully saturated rings. The molecule has 1 saturated heterocycles. The monoisotopic (exact) mass is 337 g/mol. The van der Waals surface area contributed by atoms with Crippen molar-refractivity contribution in [1.82, 2.24) is 10.7 Å². The Labute approximate surface area is 139 Å². The molecule has 0 amide bonds. The lowest BCUT2D eigenvalue weighted by atomic mass is 10.2. The molecule has 7 nitrogen and oxygen atoms in total. The Morgan fingerprint density at radius 2 is 2.39 bits per heavy atom. The summed E-state index contributed by atoms with van der Waals surface area (Å²) in [6.45, 7) is 1.72. The maximum Gasteiger partial charge on any atom is 0.231 e. The van der Waals surface area contributed by atoms with Gasteiger partial charge in [-0.05, 0) is 37.2 Å². The van der Waals surface area contributed by atoms with Crippen LogP contribution in [0.1, 0.15) is 18.4 Å². The number of hydrogen-bond donors (Lipinski definition) is 2. The van der Waals surface area contributed by atoms with Crippen LogP contribution in [0, 0.1) is 0 Å². The molecule has 2 heterocycles. The lowest BCUT2D eigenvalue weighted by Gasteiger charge is -2.11. The van der Waals surface area contributed by atoms with Crippen LogP contribution in [0.5, 0.6) is 17.2 Å². The molecule has 2 aliphatic heterocycles. The van der Waals surface area contributed by atoms with Crippen molar-refractivity contribution in [1.29, 1.82) is 0 Å². The van der Waals surface area contributed by atoms with E-state index in [0.29, 0.717) is 28.9 Å².